The first-order chi connectivity index (χ1) is 9.83. The van der Waals surface area contributed by atoms with E-state index < -0.39 is 11.7 Å². The number of nitrogens with one attached hydrogen (secondary N) is 4. The molecule has 7 nitrogen and oxygen atoms in total. The molecule has 0 aliphatic carbocycles. The van der Waals surface area contributed by atoms with Crippen molar-refractivity contribution < 1.29 is 9.53 Å². The van der Waals surface area contributed by atoms with Crippen LogP contribution in [0.25, 0.3) is 11.0 Å². The van der Waals surface area contributed by atoms with Gasteiger partial charge < -0.3 is 25.3 Å². The summed E-state index contributed by atoms with van der Waals surface area (Å²) < 4.78 is 5.13. The van der Waals surface area contributed by atoms with Gasteiger partial charge in [0.05, 0.1) is 11.0 Å². The highest BCUT2D eigenvalue weighted by atomic mass is 16.6. The van der Waals surface area contributed by atoms with E-state index in [0.717, 1.165) is 16.7 Å². The van der Waals surface area contributed by atoms with Gasteiger partial charge in [-0.1, -0.05) is 0 Å². The zero-order valence-corrected chi connectivity index (χ0v) is 12.4. The molecule has 2 aromatic rings. The van der Waals surface area contributed by atoms with Gasteiger partial charge in [-0.15, -0.1) is 0 Å². The second kappa shape index (κ2) is 5.90. The van der Waals surface area contributed by atoms with E-state index in [9.17, 15) is 9.59 Å². The molecule has 4 N–H and O–H groups in total. The van der Waals surface area contributed by atoms with Crippen LogP contribution in [0.3, 0.4) is 0 Å². The molecule has 0 fully saturated rings. The van der Waals surface area contributed by atoms with Crippen molar-refractivity contribution in [3.05, 3.63) is 28.7 Å². The molecule has 1 aromatic carbocycles. The number of ether oxygens (including phenoxy) is 1. The normalized spacial score (nSPS) is 11.4. The van der Waals surface area contributed by atoms with Gasteiger partial charge >= 0.3 is 11.8 Å². The number of fused-ring (bicyclic) bond motifs is 1. The summed E-state index contributed by atoms with van der Waals surface area (Å²) in [5.41, 5.74) is 1.64. The largest absolute Gasteiger partial charge is 0.444 e. The summed E-state index contributed by atoms with van der Waals surface area (Å²) in [4.78, 5) is 28.0. The number of aromatic nitrogens is 2. The average Bonchev–Trinajstić information content (AvgIpc) is 2.71. The molecule has 0 spiro atoms. The number of benzene rings is 1. The number of amides is 1. The quantitative estimate of drug-likeness (QED) is 0.646. The highest BCUT2D eigenvalue weighted by Gasteiger charge is 2.15. The van der Waals surface area contributed by atoms with Crippen LogP contribution < -0.4 is 16.3 Å². The van der Waals surface area contributed by atoms with Crippen LogP contribution in [0.5, 0.6) is 0 Å². The molecule has 0 unspecified atom stereocenters. The van der Waals surface area contributed by atoms with E-state index in [1.165, 1.54) is 0 Å². The Balaban J connectivity index is 1.80. The molecular weight excluding hydrogens is 272 g/mol. The van der Waals surface area contributed by atoms with Crippen molar-refractivity contribution >= 4 is 22.8 Å². The Morgan fingerprint density at radius 2 is 1.90 bits per heavy atom. The monoisotopic (exact) mass is 292 g/mol. The Hall–Kier alpha value is -2.44. The molecule has 2 rings (SSSR count). The Morgan fingerprint density at radius 3 is 2.62 bits per heavy atom. The van der Waals surface area contributed by atoms with Crippen LogP contribution in [0.15, 0.2) is 23.0 Å². The molecule has 0 saturated carbocycles. The van der Waals surface area contributed by atoms with Gasteiger partial charge in [-0.25, -0.2) is 9.59 Å². The van der Waals surface area contributed by atoms with Gasteiger partial charge in [0, 0.05) is 18.8 Å². The number of alkyl carbamates (subject to hydrolysis) is 1. The van der Waals surface area contributed by atoms with Gasteiger partial charge in [0.2, 0.25) is 0 Å². The van der Waals surface area contributed by atoms with E-state index in [1.807, 2.05) is 39.0 Å². The van der Waals surface area contributed by atoms with Crippen molar-refractivity contribution in [3.8, 4) is 0 Å². The maximum Gasteiger partial charge on any atom is 0.407 e. The van der Waals surface area contributed by atoms with Crippen LogP contribution in [-0.4, -0.2) is 34.8 Å². The number of hydrogen-bond acceptors (Lipinski definition) is 4. The van der Waals surface area contributed by atoms with Gasteiger partial charge in [-0.2, -0.15) is 0 Å². The number of aromatic amines is 2. The Kier molecular flexibility index (Phi) is 4.21. The summed E-state index contributed by atoms with van der Waals surface area (Å²) >= 11 is 0. The molecule has 1 aromatic heterocycles. The summed E-state index contributed by atoms with van der Waals surface area (Å²) in [7, 11) is 0. The second-order valence-electron chi connectivity index (χ2n) is 5.69. The summed E-state index contributed by atoms with van der Waals surface area (Å²) in [6.45, 7) is 6.45. The van der Waals surface area contributed by atoms with Crippen molar-refractivity contribution in [3.63, 3.8) is 0 Å². The number of imidazole rings is 1. The number of carbonyl (C=O) groups excluding carboxylic acids is 1. The fourth-order valence-electron chi connectivity index (χ4n) is 1.83. The van der Waals surface area contributed by atoms with E-state index >= 15 is 0 Å². The molecule has 0 bridgehead atoms. The lowest BCUT2D eigenvalue weighted by Gasteiger charge is -2.19. The fourth-order valence-corrected chi connectivity index (χ4v) is 1.83. The highest BCUT2D eigenvalue weighted by molar-refractivity contribution is 5.78. The lowest BCUT2D eigenvalue weighted by Crippen LogP contribution is -2.34. The van der Waals surface area contributed by atoms with Crippen molar-refractivity contribution in [2.75, 3.05) is 18.4 Å². The number of hydrogen-bond donors (Lipinski definition) is 4. The predicted octanol–water partition coefficient (Wildman–Crippen LogP) is 1.79. The van der Waals surface area contributed by atoms with Gasteiger partial charge in [0.1, 0.15) is 5.60 Å². The van der Waals surface area contributed by atoms with Crippen LogP contribution >= 0.6 is 0 Å². The third-order valence-electron chi connectivity index (χ3n) is 2.64. The van der Waals surface area contributed by atoms with Gasteiger partial charge in [0.25, 0.3) is 0 Å². The van der Waals surface area contributed by atoms with Crippen molar-refractivity contribution in [2.45, 2.75) is 26.4 Å². The first-order valence-corrected chi connectivity index (χ1v) is 6.76. The molecule has 1 heterocycles. The van der Waals surface area contributed by atoms with E-state index in [-0.39, 0.29) is 5.69 Å². The van der Waals surface area contributed by atoms with Crippen molar-refractivity contribution in [1.82, 2.24) is 15.3 Å². The topological polar surface area (TPSA) is 99.0 Å². The molecule has 0 saturated heterocycles. The number of rotatable bonds is 4. The molecule has 0 aliphatic rings. The number of anilines is 1. The molecule has 0 radical (unpaired) electrons. The molecule has 7 heteroatoms. The minimum atomic E-state index is -0.497. The smallest absolute Gasteiger partial charge is 0.407 e. The summed E-state index contributed by atoms with van der Waals surface area (Å²) in [5, 5.41) is 5.82. The van der Waals surface area contributed by atoms with E-state index in [0.29, 0.717) is 13.1 Å². The lowest BCUT2D eigenvalue weighted by molar-refractivity contribution is 0.0530. The molecular formula is C14H20N4O3. The third kappa shape index (κ3) is 4.55. The van der Waals surface area contributed by atoms with Gasteiger partial charge in [-0.3, -0.25) is 0 Å². The van der Waals surface area contributed by atoms with E-state index in [4.69, 9.17) is 4.74 Å². The van der Waals surface area contributed by atoms with Crippen LogP contribution in [-0.2, 0) is 4.74 Å². The van der Waals surface area contributed by atoms with Crippen LogP contribution in [0.4, 0.5) is 10.5 Å². The first kappa shape index (κ1) is 15.0. The Bertz CT molecular complexity index is 681. The zero-order valence-electron chi connectivity index (χ0n) is 12.4. The highest BCUT2D eigenvalue weighted by Crippen LogP contribution is 2.13. The minimum absolute atomic E-state index is 0.228. The Labute approximate surface area is 122 Å². The summed E-state index contributed by atoms with van der Waals surface area (Å²) in [6, 6.07) is 5.51. The number of carbonyl (C=O) groups is 1. The number of H-pyrrole nitrogens is 2. The van der Waals surface area contributed by atoms with Crippen LogP contribution in [0.1, 0.15) is 20.8 Å². The minimum Gasteiger partial charge on any atom is -0.444 e. The van der Waals surface area contributed by atoms with Gasteiger partial charge in [0.15, 0.2) is 0 Å². The first-order valence-electron chi connectivity index (χ1n) is 6.76. The predicted molar refractivity (Wildman–Crippen MR) is 81.6 cm³/mol. The Morgan fingerprint density at radius 1 is 1.19 bits per heavy atom. The van der Waals surface area contributed by atoms with Crippen molar-refractivity contribution in [2.24, 2.45) is 0 Å². The summed E-state index contributed by atoms with van der Waals surface area (Å²) in [5.74, 6) is 0. The second-order valence-corrected chi connectivity index (χ2v) is 5.69. The maximum atomic E-state index is 11.4. The fraction of sp³-hybridized carbons (Fsp3) is 0.429. The molecule has 0 atom stereocenters. The summed E-state index contributed by atoms with van der Waals surface area (Å²) in [6.07, 6.45) is -0.435. The zero-order chi connectivity index (χ0) is 15.5. The SMILES string of the molecule is CC(C)(C)OC(=O)NCCNc1ccc2[nH]c(=O)[nH]c2c1. The molecule has 114 valence electrons. The van der Waals surface area contributed by atoms with E-state index in [1.54, 1.807) is 0 Å². The average molecular weight is 292 g/mol. The van der Waals surface area contributed by atoms with Crippen LogP contribution in [0.2, 0.25) is 0 Å². The van der Waals surface area contributed by atoms with Gasteiger partial charge in [-0.05, 0) is 39.0 Å². The molecule has 0 aliphatic heterocycles. The van der Waals surface area contributed by atoms with E-state index in [2.05, 4.69) is 20.6 Å². The van der Waals surface area contributed by atoms with Crippen LogP contribution in [0, 0.1) is 0 Å². The molecule has 21 heavy (non-hydrogen) atoms. The third-order valence-corrected chi connectivity index (χ3v) is 2.64. The lowest BCUT2D eigenvalue weighted by atomic mass is 10.2. The molecule has 1 amide bonds. The standard InChI is InChI=1S/C14H20N4O3/c1-14(2,3)21-13(20)16-7-6-15-9-4-5-10-11(8-9)18-12(19)17-10/h4-5,8,15H,6-7H2,1-3H3,(H,16,20)(H2,17,18,19). The van der Waals surface area contributed by atoms with Crippen molar-refractivity contribution in [1.29, 1.82) is 0 Å². The maximum absolute atomic E-state index is 11.4.